The Hall–Kier alpha value is -1.14. The fourth-order valence-corrected chi connectivity index (χ4v) is 1.16. The average Bonchev–Trinajstić information content (AvgIpc) is 2.03. The van der Waals surface area contributed by atoms with E-state index < -0.39 is 10.3 Å². The molecule has 0 unspecified atom stereocenters. The van der Waals surface area contributed by atoms with Crippen LogP contribution in [0.5, 0.6) is 5.75 Å². The first kappa shape index (κ1) is 8.95. The van der Waals surface area contributed by atoms with E-state index in [1.54, 1.807) is 6.07 Å². The van der Waals surface area contributed by atoms with Crippen LogP contribution in [0.2, 0.25) is 0 Å². The van der Waals surface area contributed by atoms with E-state index >= 15 is 0 Å². The molecule has 1 aromatic heterocycles. The van der Waals surface area contributed by atoms with Gasteiger partial charge in [-0.05, 0) is 6.07 Å². The molecule has 0 amide bonds. The van der Waals surface area contributed by atoms with Gasteiger partial charge in [0.15, 0.2) is 11.9 Å². The van der Waals surface area contributed by atoms with Crippen molar-refractivity contribution in [3.63, 3.8) is 0 Å². The van der Waals surface area contributed by atoms with Crippen LogP contribution in [0.3, 0.4) is 0 Å². The van der Waals surface area contributed by atoms with Gasteiger partial charge < -0.3 is 4.74 Å². The summed E-state index contributed by atoms with van der Waals surface area (Å²) in [5.74, 6) is 0.357. The minimum atomic E-state index is -4.20. The predicted octanol–water partition coefficient (Wildman–Crippen LogP) is -0.366. The summed E-state index contributed by atoms with van der Waals surface area (Å²) in [7, 11) is -2.79. The molecule has 0 aromatic carbocycles. The Balaban J connectivity index is 3.20. The highest BCUT2D eigenvalue weighted by molar-refractivity contribution is 7.79. The molecule has 1 aromatic rings. The smallest absolute Gasteiger partial charge is 0.491 e. The molecule has 0 saturated carbocycles. The van der Waals surface area contributed by atoms with Crippen molar-refractivity contribution in [2.75, 3.05) is 7.11 Å². The number of pyridine rings is 1. The zero-order valence-electron chi connectivity index (χ0n) is 6.34. The standard InChI is InChI=1S/C6H7NO4S/c1-11-6-3-2-4-7(5-6)12(8,9)10/h2-5H,1H3/p+1. The van der Waals surface area contributed by atoms with E-state index in [4.69, 9.17) is 9.29 Å². The van der Waals surface area contributed by atoms with Gasteiger partial charge in [-0.15, -0.1) is 8.42 Å². The number of methoxy groups -OCH3 is 1. The van der Waals surface area contributed by atoms with E-state index in [9.17, 15) is 8.42 Å². The van der Waals surface area contributed by atoms with Gasteiger partial charge in [-0.3, -0.25) is 0 Å². The second kappa shape index (κ2) is 3.08. The van der Waals surface area contributed by atoms with E-state index in [2.05, 4.69) is 0 Å². The summed E-state index contributed by atoms with van der Waals surface area (Å²) >= 11 is 0. The molecule has 0 radical (unpaired) electrons. The SMILES string of the molecule is COc1ccc[n+](S(=O)(=O)O)c1. The Labute approximate surface area is 70.1 Å². The lowest BCUT2D eigenvalue weighted by Crippen LogP contribution is -2.41. The number of hydrogen-bond acceptors (Lipinski definition) is 3. The van der Waals surface area contributed by atoms with Gasteiger partial charge in [-0.25, -0.2) is 4.55 Å². The zero-order chi connectivity index (χ0) is 9.19. The quantitative estimate of drug-likeness (QED) is 0.510. The largest absolute Gasteiger partial charge is 0.511 e. The van der Waals surface area contributed by atoms with E-state index in [1.807, 2.05) is 0 Å². The first-order valence-corrected chi connectivity index (χ1v) is 4.47. The van der Waals surface area contributed by atoms with Crippen molar-refractivity contribution in [1.82, 2.24) is 0 Å². The molecule has 1 rings (SSSR count). The highest BCUT2D eigenvalue weighted by Crippen LogP contribution is 2.03. The Bertz CT molecular complexity index is 373. The van der Waals surface area contributed by atoms with Crippen LogP contribution in [0, 0.1) is 0 Å². The topological polar surface area (TPSA) is 67.5 Å². The number of aromatic nitrogens is 1. The second-order valence-electron chi connectivity index (χ2n) is 2.05. The predicted molar refractivity (Wildman–Crippen MR) is 40.1 cm³/mol. The second-order valence-corrected chi connectivity index (χ2v) is 3.37. The number of hydrogen-bond donors (Lipinski definition) is 1. The molecule has 5 nitrogen and oxygen atoms in total. The molecular weight excluding hydrogens is 182 g/mol. The van der Waals surface area contributed by atoms with Crippen LogP contribution in [0.25, 0.3) is 0 Å². The highest BCUT2D eigenvalue weighted by atomic mass is 32.2. The van der Waals surface area contributed by atoms with E-state index in [0.717, 1.165) is 6.20 Å². The first-order chi connectivity index (χ1) is 5.54. The van der Waals surface area contributed by atoms with Crippen LogP contribution in [0.4, 0.5) is 0 Å². The van der Waals surface area contributed by atoms with Crippen molar-refractivity contribution in [2.45, 2.75) is 0 Å². The van der Waals surface area contributed by atoms with Crippen molar-refractivity contribution >= 4 is 10.3 Å². The average molecular weight is 190 g/mol. The molecule has 66 valence electrons. The fourth-order valence-electron chi connectivity index (χ4n) is 0.698. The first-order valence-electron chi connectivity index (χ1n) is 3.07. The minimum absolute atomic E-state index is 0.357. The van der Waals surface area contributed by atoms with Gasteiger partial charge in [0.1, 0.15) is 0 Å². The number of rotatable bonds is 2. The third-order valence-electron chi connectivity index (χ3n) is 1.25. The molecule has 0 saturated heterocycles. The third-order valence-corrected chi connectivity index (χ3v) is 2.01. The maximum atomic E-state index is 10.6. The summed E-state index contributed by atoms with van der Waals surface area (Å²) in [6.07, 6.45) is 2.37. The normalized spacial score (nSPS) is 11.2. The van der Waals surface area contributed by atoms with Crippen molar-refractivity contribution < 1.29 is 21.7 Å². The van der Waals surface area contributed by atoms with Crippen LogP contribution in [-0.4, -0.2) is 20.1 Å². The van der Waals surface area contributed by atoms with Crippen LogP contribution in [0.15, 0.2) is 24.5 Å². The van der Waals surface area contributed by atoms with E-state index in [1.165, 1.54) is 19.4 Å². The molecule has 0 aliphatic heterocycles. The van der Waals surface area contributed by atoms with Gasteiger partial charge in [0.05, 0.1) is 7.11 Å². The Morgan fingerprint density at radius 1 is 1.58 bits per heavy atom. The molecule has 6 heteroatoms. The monoisotopic (exact) mass is 190 g/mol. The van der Waals surface area contributed by atoms with Crippen LogP contribution in [0.1, 0.15) is 0 Å². The Morgan fingerprint density at radius 2 is 2.25 bits per heavy atom. The van der Waals surface area contributed by atoms with Gasteiger partial charge in [0.2, 0.25) is 6.20 Å². The Kier molecular flexibility index (Phi) is 2.30. The van der Waals surface area contributed by atoms with Gasteiger partial charge in [0, 0.05) is 6.07 Å². The molecule has 0 fully saturated rings. The molecule has 0 bridgehead atoms. The van der Waals surface area contributed by atoms with Crippen LogP contribution >= 0.6 is 0 Å². The summed E-state index contributed by atoms with van der Waals surface area (Å²) in [5.41, 5.74) is 0. The summed E-state index contributed by atoms with van der Waals surface area (Å²) in [6.45, 7) is 0. The van der Waals surface area contributed by atoms with Crippen LogP contribution in [-0.2, 0) is 10.3 Å². The van der Waals surface area contributed by atoms with Crippen molar-refractivity contribution in [3.05, 3.63) is 24.5 Å². The maximum Gasteiger partial charge on any atom is 0.511 e. The van der Waals surface area contributed by atoms with Gasteiger partial charge >= 0.3 is 10.3 Å². The lowest BCUT2D eigenvalue weighted by atomic mass is 10.5. The highest BCUT2D eigenvalue weighted by Gasteiger charge is 2.17. The number of ether oxygens (including phenoxy) is 1. The third kappa shape index (κ3) is 1.93. The molecule has 0 atom stereocenters. The Morgan fingerprint density at radius 3 is 2.75 bits per heavy atom. The number of nitrogens with zero attached hydrogens (tertiary/aromatic N) is 1. The summed E-state index contributed by atoms with van der Waals surface area (Å²) in [4.78, 5) is 0. The molecule has 1 N–H and O–H groups in total. The lowest BCUT2D eigenvalue weighted by molar-refractivity contribution is -0.519. The van der Waals surface area contributed by atoms with E-state index in [0.29, 0.717) is 9.72 Å². The minimum Gasteiger partial charge on any atom is -0.491 e. The molecule has 1 heterocycles. The lowest BCUT2D eigenvalue weighted by Gasteiger charge is -1.94. The maximum absolute atomic E-state index is 10.6. The molecule has 0 aliphatic rings. The molecule has 12 heavy (non-hydrogen) atoms. The van der Waals surface area contributed by atoms with Crippen molar-refractivity contribution in [2.24, 2.45) is 0 Å². The fraction of sp³-hybridized carbons (Fsp3) is 0.167. The van der Waals surface area contributed by atoms with E-state index in [-0.39, 0.29) is 0 Å². The summed E-state index contributed by atoms with van der Waals surface area (Å²) in [6, 6.07) is 3.02. The van der Waals surface area contributed by atoms with Gasteiger partial charge in [-0.1, -0.05) is 3.97 Å². The molecular formula is C6H8NO4S+. The zero-order valence-corrected chi connectivity index (χ0v) is 7.15. The molecule has 0 aliphatic carbocycles. The van der Waals surface area contributed by atoms with Gasteiger partial charge in [0.25, 0.3) is 0 Å². The van der Waals surface area contributed by atoms with Crippen LogP contribution < -0.4 is 8.71 Å². The summed E-state index contributed by atoms with van der Waals surface area (Å²) in [5, 5.41) is 0. The van der Waals surface area contributed by atoms with Gasteiger partial charge in [-0.2, -0.15) is 0 Å². The summed E-state index contributed by atoms with van der Waals surface area (Å²) < 4.78 is 35.1. The van der Waals surface area contributed by atoms with Crippen molar-refractivity contribution in [1.29, 1.82) is 0 Å². The van der Waals surface area contributed by atoms with Crippen molar-refractivity contribution in [3.8, 4) is 5.75 Å². The molecule has 0 spiro atoms.